The second-order valence-corrected chi connectivity index (χ2v) is 10.7. The van der Waals surface area contributed by atoms with Gasteiger partial charge in [-0.25, -0.2) is 4.39 Å². The first kappa shape index (κ1) is 31.4. The Labute approximate surface area is 250 Å². The van der Waals surface area contributed by atoms with Crippen LogP contribution in [0.25, 0.3) is 0 Å². The lowest BCUT2D eigenvalue weighted by molar-refractivity contribution is -0.121. The van der Waals surface area contributed by atoms with E-state index in [4.69, 9.17) is 0 Å². The highest BCUT2D eigenvalue weighted by atomic mass is 19.1. The van der Waals surface area contributed by atoms with E-state index in [9.17, 15) is 23.6 Å². The van der Waals surface area contributed by atoms with Crippen LogP contribution in [-0.2, 0) is 16.6 Å². The van der Waals surface area contributed by atoms with Gasteiger partial charge in [0.15, 0.2) is 0 Å². The Balaban J connectivity index is 0.00000207. The SMILES string of the molecule is CC.Cc1ccc(Nc2c(C(=O)N(C)C3CC3)c(N(C=O)c3cccc(NC(=O)C4CNC4)c3)c(C)c(=O)n2C)c(F)c1. The number of pyridine rings is 1. The number of carbonyl (C=O) groups is 3. The minimum absolute atomic E-state index is 0.0288. The molecule has 2 fully saturated rings. The zero-order valence-electron chi connectivity index (χ0n) is 25.5. The summed E-state index contributed by atoms with van der Waals surface area (Å²) in [5.41, 5.74) is 1.45. The number of anilines is 5. The molecule has 0 atom stereocenters. The van der Waals surface area contributed by atoms with Gasteiger partial charge in [-0.05, 0) is 62.6 Å². The van der Waals surface area contributed by atoms with Crippen molar-refractivity contribution in [1.82, 2.24) is 14.8 Å². The van der Waals surface area contributed by atoms with Crippen molar-refractivity contribution in [1.29, 1.82) is 0 Å². The van der Waals surface area contributed by atoms with E-state index in [1.165, 1.54) is 28.6 Å². The summed E-state index contributed by atoms with van der Waals surface area (Å²) in [7, 11) is 3.18. The number of nitrogens with zero attached hydrogens (tertiary/aromatic N) is 3. The topological polar surface area (TPSA) is 116 Å². The Kier molecular flexibility index (Phi) is 9.65. The van der Waals surface area contributed by atoms with E-state index in [1.807, 2.05) is 13.8 Å². The smallest absolute Gasteiger partial charge is 0.259 e. The number of halogens is 1. The van der Waals surface area contributed by atoms with Gasteiger partial charge in [-0.1, -0.05) is 26.0 Å². The molecule has 3 N–H and O–H groups in total. The van der Waals surface area contributed by atoms with Gasteiger partial charge in [0.2, 0.25) is 12.3 Å². The Bertz CT molecular complexity index is 1600. The Hall–Kier alpha value is -4.51. The van der Waals surface area contributed by atoms with Gasteiger partial charge >= 0.3 is 0 Å². The average Bonchev–Trinajstić information content (AvgIpc) is 3.81. The first-order chi connectivity index (χ1) is 20.6. The van der Waals surface area contributed by atoms with Crippen LogP contribution in [0.3, 0.4) is 0 Å². The molecule has 1 aromatic heterocycles. The number of benzene rings is 2. The maximum atomic E-state index is 15.0. The van der Waals surface area contributed by atoms with E-state index in [1.54, 1.807) is 56.1 Å². The number of carbonyl (C=O) groups excluding carboxylic acids is 3. The summed E-state index contributed by atoms with van der Waals surface area (Å²) in [4.78, 5) is 55.6. The van der Waals surface area contributed by atoms with Crippen LogP contribution in [0.2, 0.25) is 0 Å². The predicted octanol–water partition coefficient (Wildman–Crippen LogP) is 4.60. The van der Waals surface area contributed by atoms with Crippen molar-refractivity contribution in [3.8, 4) is 0 Å². The number of hydrogen-bond acceptors (Lipinski definition) is 6. The lowest BCUT2D eigenvalue weighted by Crippen LogP contribution is -2.48. The molecule has 1 aliphatic heterocycles. The maximum absolute atomic E-state index is 15.0. The summed E-state index contributed by atoms with van der Waals surface area (Å²) in [6.45, 7) is 8.49. The summed E-state index contributed by atoms with van der Waals surface area (Å²) in [5, 5.41) is 8.89. The van der Waals surface area contributed by atoms with Gasteiger partial charge in [-0.2, -0.15) is 0 Å². The molecule has 43 heavy (non-hydrogen) atoms. The van der Waals surface area contributed by atoms with Gasteiger partial charge in [0.25, 0.3) is 11.5 Å². The van der Waals surface area contributed by atoms with Crippen molar-refractivity contribution < 1.29 is 18.8 Å². The summed E-state index contributed by atoms with van der Waals surface area (Å²) < 4.78 is 16.2. The van der Waals surface area contributed by atoms with Gasteiger partial charge in [0, 0.05) is 44.5 Å². The van der Waals surface area contributed by atoms with Crippen molar-refractivity contribution in [2.45, 2.75) is 46.6 Å². The molecule has 10 nitrogen and oxygen atoms in total. The van der Waals surface area contributed by atoms with Crippen LogP contribution < -0.4 is 26.4 Å². The predicted molar refractivity (Wildman–Crippen MR) is 167 cm³/mol. The molecule has 0 radical (unpaired) electrons. The van der Waals surface area contributed by atoms with E-state index in [-0.39, 0.29) is 46.2 Å². The maximum Gasteiger partial charge on any atom is 0.259 e. The zero-order valence-corrected chi connectivity index (χ0v) is 25.5. The van der Waals surface area contributed by atoms with Crippen LogP contribution >= 0.6 is 0 Å². The molecule has 0 bridgehead atoms. The third-order valence-electron chi connectivity index (χ3n) is 7.69. The van der Waals surface area contributed by atoms with Crippen LogP contribution in [0.5, 0.6) is 0 Å². The third kappa shape index (κ3) is 6.46. The first-order valence-electron chi connectivity index (χ1n) is 14.5. The molecule has 0 unspecified atom stereocenters. The van der Waals surface area contributed by atoms with Gasteiger partial charge in [-0.15, -0.1) is 0 Å². The normalized spacial score (nSPS) is 14.1. The number of amides is 3. The summed E-state index contributed by atoms with van der Waals surface area (Å²) in [6, 6.07) is 11.3. The van der Waals surface area contributed by atoms with Crippen molar-refractivity contribution in [3.63, 3.8) is 0 Å². The van der Waals surface area contributed by atoms with Gasteiger partial charge in [-0.3, -0.25) is 28.6 Å². The molecule has 0 spiro atoms. The monoisotopic (exact) mass is 590 g/mol. The Morgan fingerprint density at radius 3 is 2.37 bits per heavy atom. The van der Waals surface area contributed by atoms with Gasteiger partial charge < -0.3 is 20.9 Å². The highest BCUT2D eigenvalue weighted by Gasteiger charge is 2.36. The van der Waals surface area contributed by atoms with E-state index in [0.717, 1.165) is 12.8 Å². The molecule has 5 rings (SSSR count). The van der Waals surface area contributed by atoms with Crippen LogP contribution in [-0.4, -0.2) is 53.9 Å². The number of hydrogen-bond donors (Lipinski definition) is 3. The van der Waals surface area contributed by atoms with E-state index in [0.29, 0.717) is 36.4 Å². The molecule has 2 aliphatic rings. The summed E-state index contributed by atoms with van der Waals surface area (Å²) in [5.74, 6) is -1.18. The standard InChI is InChI=1S/C30H33FN6O4.C2H6/c1-17-8-11-24(23(31)12-17)34-27-25(30(41)35(3)21-9-10-21)26(18(2)29(40)36(27)4)37(16-38)22-7-5-6-20(13-22)33-28(39)19-14-32-15-19;1-2/h5-8,11-13,16,19,21,32,34H,9-10,14-15H2,1-4H3,(H,33,39);1-2H3. The van der Waals surface area contributed by atoms with E-state index < -0.39 is 17.3 Å². The van der Waals surface area contributed by atoms with Crippen molar-refractivity contribution in [2.24, 2.45) is 13.0 Å². The Morgan fingerprint density at radius 1 is 1.09 bits per heavy atom. The quantitative estimate of drug-likeness (QED) is 0.314. The fourth-order valence-corrected chi connectivity index (χ4v) is 4.92. The zero-order chi connectivity index (χ0) is 31.4. The minimum Gasteiger partial charge on any atom is -0.339 e. The third-order valence-corrected chi connectivity index (χ3v) is 7.69. The highest BCUT2D eigenvalue weighted by molar-refractivity contribution is 6.09. The molecule has 228 valence electrons. The largest absolute Gasteiger partial charge is 0.339 e. The molecule has 3 aromatic rings. The molecular formula is C32H39FN6O4. The van der Waals surface area contributed by atoms with Crippen molar-refractivity contribution >= 4 is 46.8 Å². The molecule has 1 saturated carbocycles. The molecule has 2 aromatic carbocycles. The van der Waals surface area contributed by atoms with Crippen molar-refractivity contribution in [3.05, 3.63) is 75.3 Å². The summed E-state index contributed by atoms with van der Waals surface area (Å²) >= 11 is 0. The molecule has 11 heteroatoms. The van der Waals surface area contributed by atoms with Crippen LogP contribution in [0.15, 0.2) is 47.3 Å². The molecule has 2 heterocycles. The fourth-order valence-electron chi connectivity index (χ4n) is 4.92. The lowest BCUT2D eigenvalue weighted by Gasteiger charge is -2.29. The molecule has 1 aliphatic carbocycles. The molecular weight excluding hydrogens is 551 g/mol. The van der Waals surface area contributed by atoms with Gasteiger partial charge in [0.05, 0.1) is 23.0 Å². The van der Waals surface area contributed by atoms with Crippen LogP contribution in [0.4, 0.5) is 33.0 Å². The number of aryl methyl sites for hydroxylation is 1. The molecule has 1 saturated heterocycles. The van der Waals surface area contributed by atoms with Gasteiger partial charge in [0.1, 0.15) is 17.2 Å². The second kappa shape index (κ2) is 13.2. The number of aromatic nitrogens is 1. The highest BCUT2D eigenvalue weighted by Crippen LogP contribution is 2.38. The number of rotatable bonds is 9. The van der Waals surface area contributed by atoms with Crippen LogP contribution in [0.1, 0.15) is 48.2 Å². The van der Waals surface area contributed by atoms with E-state index >= 15 is 0 Å². The second-order valence-electron chi connectivity index (χ2n) is 10.7. The average molecular weight is 591 g/mol. The summed E-state index contributed by atoms with van der Waals surface area (Å²) in [6.07, 6.45) is 2.21. The fraction of sp³-hybridized carbons (Fsp3) is 0.375. The first-order valence-corrected chi connectivity index (χ1v) is 14.5. The molecule has 3 amide bonds. The Morgan fingerprint density at radius 2 is 1.79 bits per heavy atom. The number of nitrogens with one attached hydrogen (secondary N) is 3. The van der Waals surface area contributed by atoms with E-state index in [2.05, 4.69) is 16.0 Å². The minimum atomic E-state index is -0.550. The van der Waals surface area contributed by atoms with Crippen LogP contribution in [0, 0.1) is 25.6 Å². The lowest BCUT2D eigenvalue weighted by atomic mass is 10.0. The van der Waals surface area contributed by atoms with Crippen molar-refractivity contribution in [2.75, 3.05) is 35.7 Å².